The molecule has 0 aliphatic carbocycles. The van der Waals surface area contributed by atoms with Crippen LogP contribution in [0, 0.1) is 6.92 Å². The Morgan fingerprint density at radius 3 is 2.71 bits per heavy atom. The Morgan fingerprint density at radius 2 is 2.00 bits per heavy atom. The summed E-state index contributed by atoms with van der Waals surface area (Å²) in [5, 5.41) is 0. The number of rotatable bonds is 5. The van der Waals surface area contributed by atoms with E-state index in [0.717, 1.165) is 11.0 Å². The maximum absolute atomic E-state index is 12.5. The highest BCUT2D eigenvalue weighted by Crippen LogP contribution is 2.16. The van der Waals surface area contributed by atoms with Crippen molar-refractivity contribution in [2.24, 2.45) is 0 Å². The van der Waals surface area contributed by atoms with E-state index in [4.69, 9.17) is 4.74 Å². The molecule has 0 fully saturated rings. The van der Waals surface area contributed by atoms with Crippen molar-refractivity contribution in [2.75, 3.05) is 6.61 Å². The van der Waals surface area contributed by atoms with Gasteiger partial charge in [0.25, 0.3) is 0 Å². The van der Waals surface area contributed by atoms with Gasteiger partial charge in [0.1, 0.15) is 12.4 Å². The number of nitrogens with zero attached hydrogens (tertiary/aromatic N) is 2. The fraction of sp³-hybridized carbons (Fsp3) is 0.286. The second kappa shape index (κ2) is 6.43. The van der Waals surface area contributed by atoms with Crippen LogP contribution in [0.3, 0.4) is 0 Å². The Morgan fingerprint density at radius 1 is 1.29 bits per heavy atom. The summed E-state index contributed by atoms with van der Waals surface area (Å²) in [6.07, 6.45) is -3.01. The van der Waals surface area contributed by atoms with Crippen LogP contribution in [-0.2, 0) is 16.1 Å². The second-order valence-corrected chi connectivity index (χ2v) is 4.37. The van der Waals surface area contributed by atoms with E-state index in [1.807, 2.05) is 24.3 Å². The van der Waals surface area contributed by atoms with E-state index in [1.165, 1.54) is 0 Å². The van der Waals surface area contributed by atoms with Gasteiger partial charge in [-0.3, -0.25) is 4.79 Å². The minimum absolute atomic E-state index is 0.101. The van der Waals surface area contributed by atoms with Gasteiger partial charge >= 0.3 is 12.0 Å². The molecule has 112 valence electrons. The van der Waals surface area contributed by atoms with Crippen molar-refractivity contribution >= 4 is 17.0 Å². The third-order valence-electron chi connectivity index (χ3n) is 2.92. The minimum atomic E-state index is -2.39. The van der Waals surface area contributed by atoms with Gasteiger partial charge in [-0.2, -0.15) is 8.78 Å². The van der Waals surface area contributed by atoms with Gasteiger partial charge in [0.15, 0.2) is 5.83 Å². The lowest BCUT2D eigenvalue weighted by atomic mass is 10.3. The molecule has 0 aliphatic heterocycles. The summed E-state index contributed by atoms with van der Waals surface area (Å²) in [5.41, 5.74) is 1.52. The Hall–Kier alpha value is -2.31. The zero-order valence-corrected chi connectivity index (χ0v) is 11.3. The summed E-state index contributed by atoms with van der Waals surface area (Å²) in [6.45, 7) is 1.22. The van der Waals surface area contributed by atoms with Crippen LogP contribution in [0.4, 0.5) is 13.2 Å². The largest absolute Gasteiger partial charge is 0.464 e. The molecule has 0 saturated carbocycles. The average Bonchev–Trinajstić information content (AvgIpc) is 2.75. The zero-order chi connectivity index (χ0) is 15.4. The molecule has 0 bridgehead atoms. The maximum Gasteiger partial charge on any atom is 0.326 e. The summed E-state index contributed by atoms with van der Waals surface area (Å²) in [5.74, 6) is -1.56. The first-order chi connectivity index (χ1) is 9.99. The van der Waals surface area contributed by atoms with E-state index in [0.29, 0.717) is 5.82 Å². The number of hydrogen-bond acceptors (Lipinski definition) is 3. The number of benzene rings is 1. The van der Waals surface area contributed by atoms with Crippen molar-refractivity contribution in [1.29, 1.82) is 0 Å². The molecule has 1 heterocycles. The molecule has 0 spiro atoms. The van der Waals surface area contributed by atoms with Crippen LogP contribution < -0.4 is 0 Å². The third-order valence-corrected chi connectivity index (χ3v) is 2.92. The fourth-order valence-corrected chi connectivity index (χ4v) is 1.92. The predicted molar refractivity (Wildman–Crippen MR) is 70.4 cm³/mol. The van der Waals surface area contributed by atoms with Gasteiger partial charge in [-0.05, 0) is 19.1 Å². The molecule has 7 heteroatoms. The molecule has 1 aromatic carbocycles. The van der Waals surface area contributed by atoms with Gasteiger partial charge in [0.2, 0.25) is 0 Å². The Labute approximate surface area is 118 Å². The number of para-hydroxylation sites is 2. The topological polar surface area (TPSA) is 44.1 Å². The zero-order valence-electron chi connectivity index (χ0n) is 11.3. The molecule has 0 radical (unpaired) electrons. The molecule has 0 aliphatic rings. The highest BCUT2D eigenvalue weighted by molar-refractivity contribution is 5.78. The number of imidazole rings is 1. The van der Waals surface area contributed by atoms with Crippen LogP contribution in [-0.4, -0.2) is 22.1 Å². The van der Waals surface area contributed by atoms with Gasteiger partial charge in [0, 0.05) is 6.42 Å². The number of ether oxygens (including phenoxy) is 1. The number of hydrogen-bond donors (Lipinski definition) is 0. The molecular formula is C14H13F3N2O2. The smallest absolute Gasteiger partial charge is 0.326 e. The molecule has 1 aromatic heterocycles. The monoisotopic (exact) mass is 298 g/mol. The Bertz CT molecular complexity index is 691. The van der Waals surface area contributed by atoms with Gasteiger partial charge in [0.05, 0.1) is 17.6 Å². The lowest BCUT2D eigenvalue weighted by Gasteiger charge is -2.07. The summed E-state index contributed by atoms with van der Waals surface area (Å²) >= 11 is 0. The molecular weight excluding hydrogens is 285 g/mol. The summed E-state index contributed by atoms with van der Waals surface area (Å²) in [4.78, 5) is 15.9. The number of carbonyl (C=O) groups excluding carboxylic acids is 1. The van der Waals surface area contributed by atoms with Gasteiger partial charge < -0.3 is 9.30 Å². The van der Waals surface area contributed by atoms with E-state index in [2.05, 4.69) is 4.98 Å². The average molecular weight is 298 g/mol. The minimum Gasteiger partial charge on any atom is -0.464 e. The first-order valence-electron chi connectivity index (χ1n) is 6.26. The number of fused-ring (bicyclic) bond motifs is 1. The maximum atomic E-state index is 12.5. The predicted octanol–water partition coefficient (Wildman–Crippen LogP) is 3.36. The van der Waals surface area contributed by atoms with Crippen LogP contribution in [0.15, 0.2) is 36.2 Å². The molecule has 0 atom stereocenters. The molecule has 0 amide bonds. The third kappa shape index (κ3) is 3.62. The first-order valence-corrected chi connectivity index (χ1v) is 6.26. The van der Waals surface area contributed by atoms with Gasteiger partial charge in [-0.1, -0.05) is 12.1 Å². The van der Waals surface area contributed by atoms with Crippen molar-refractivity contribution < 1.29 is 22.7 Å². The second-order valence-electron chi connectivity index (χ2n) is 4.37. The highest BCUT2D eigenvalue weighted by Gasteiger charge is 2.12. The molecule has 4 nitrogen and oxygen atoms in total. The number of aryl methyl sites for hydroxylation is 1. The van der Waals surface area contributed by atoms with Gasteiger partial charge in [-0.15, -0.1) is 0 Å². The molecule has 2 rings (SSSR count). The van der Waals surface area contributed by atoms with Crippen molar-refractivity contribution in [3.8, 4) is 0 Å². The summed E-state index contributed by atoms with van der Waals surface area (Å²) < 4.78 is 42.6. The number of esters is 1. The van der Waals surface area contributed by atoms with Crippen LogP contribution in [0.5, 0.6) is 0 Å². The fourth-order valence-electron chi connectivity index (χ4n) is 1.92. The Kier molecular flexibility index (Phi) is 4.62. The quantitative estimate of drug-likeness (QED) is 0.795. The lowest BCUT2D eigenvalue weighted by molar-refractivity contribution is -0.144. The summed E-state index contributed by atoms with van der Waals surface area (Å²) in [7, 11) is 0. The number of aromatic nitrogens is 2. The van der Waals surface area contributed by atoms with Crippen molar-refractivity contribution in [3.05, 3.63) is 42.0 Å². The highest BCUT2D eigenvalue weighted by atomic mass is 19.3. The molecule has 21 heavy (non-hydrogen) atoms. The summed E-state index contributed by atoms with van der Waals surface area (Å²) in [6, 6.07) is 7.27. The van der Waals surface area contributed by atoms with Gasteiger partial charge in [-0.25, -0.2) is 9.37 Å². The lowest BCUT2D eigenvalue weighted by Crippen LogP contribution is -2.15. The van der Waals surface area contributed by atoms with Crippen molar-refractivity contribution in [2.45, 2.75) is 19.9 Å². The van der Waals surface area contributed by atoms with E-state index < -0.39 is 30.9 Å². The van der Waals surface area contributed by atoms with Crippen LogP contribution >= 0.6 is 0 Å². The van der Waals surface area contributed by atoms with Crippen LogP contribution in [0.2, 0.25) is 0 Å². The molecule has 2 aromatic rings. The molecule has 0 saturated heterocycles. The number of carbonyl (C=O) groups is 1. The van der Waals surface area contributed by atoms with Crippen molar-refractivity contribution in [1.82, 2.24) is 9.55 Å². The van der Waals surface area contributed by atoms with E-state index in [-0.39, 0.29) is 6.54 Å². The van der Waals surface area contributed by atoms with E-state index in [1.54, 1.807) is 11.5 Å². The normalized spacial score (nSPS) is 10.7. The molecule has 0 unspecified atom stereocenters. The number of halogens is 3. The SMILES string of the molecule is Cc1nc2ccccc2n1CC(=O)OCCC(F)=C(F)F. The Balaban J connectivity index is 1.99. The van der Waals surface area contributed by atoms with Crippen molar-refractivity contribution in [3.63, 3.8) is 0 Å². The molecule has 0 N–H and O–H groups in total. The van der Waals surface area contributed by atoms with E-state index >= 15 is 0 Å². The standard InChI is InChI=1S/C14H13F3N2O2/c1-9-18-11-4-2-3-5-12(11)19(9)8-13(20)21-7-6-10(15)14(16)17/h2-5H,6-8H2,1H3. The van der Waals surface area contributed by atoms with Crippen LogP contribution in [0.25, 0.3) is 11.0 Å². The van der Waals surface area contributed by atoms with E-state index in [9.17, 15) is 18.0 Å². The first kappa shape index (κ1) is 15.1. The van der Waals surface area contributed by atoms with Crippen LogP contribution in [0.1, 0.15) is 12.2 Å².